The van der Waals surface area contributed by atoms with Crippen molar-refractivity contribution in [3.05, 3.63) is 29.8 Å². The molecule has 1 saturated heterocycles. The van der Waals surface area contributed by atoms with Crippen molar-refractivity contribution < 1.29 is 14.6 Å². The molecule has 1 aromatic carbocycles. The van der Waals surface area contributed by atoms with Crippen molar-refractivity contribution in [1.82, 2.24) is 9.80 Å². The third-order valence-corrected chi connectivity index (χ3v) is 5.34. The van der Waals surface area contributed by atoms with Crippen LogP contribution in [-0.2, 0) is 10.2 Å². The molecule has 1 aromatic rings. The summed E-state index contributed by atoms with van der Waals surface area (Å²) in [5, 5.41) is 10.3. The van der Waals surface area contributed by atoms with Crippen molar-refractivity contribution in [2.75, 3.05) is 39.3 Å². The van der Waals surface area contributed by atoms with Crippen molar-refractivity contribution in [2.45, 2.75) is 59.5 Å². The Morgan fingerprint density at radius 1 is 1.07 bits per heavy atom. The molecular weight excluding hydrogens is 352 g/mol. The highest BCUT2D eigenvalue weighted by molar-refractivity contribution is 5.73. The average molecular weight is 391 g/mol. The molecule has 1 N–H and O–H groups in total. The number of β-amino-alcohol motifs (C(OH)–C–C–N with tert-alkyl or cyclic N) is 1. The normalized spacial score (nSPS) is 17.5. The van der Waals surface area contributed by atoms with Crippen molar-refractivity contribution in [3.8, 4) is 5.75 Å². The van der Waals surface area contributed by atoms with Gasteiger partial charge < -0.3 is 14.7 Å². The van der Waals surface area contributed by atoms with E-state index in [4.69, 9.17) is 4.74 Å². The largest absolute Gasteiger partial charge is 0.491 e. The van der Waals surface area contributed by atoms with Gasteiger partial charge in [0.1, 0.15) is 18.5 Å². The molecule has 1 fully saturated rings. The van der Waals surface area contributed by atoms with E-state index in [0.29, 0.717) is 6.54 Å². The Hall–Kier alpha value is -1.59. The topological polar surface area (TPSA) is 53.0 Å². The lowest BCUT2D eigenvalue weighted by atomic mass is 9.72. The van der Waals surface area contributed by atoms with E-state index in [1.165, 1.54) is 5.56 Å². The summed E-state index contributed by atoms with van der Waals surface area (Å²) in [6, 6.07) is 8.26. The zero-order valence-corrected chi connectivity index (χ0v) is 18.5. The summed E-state index contributed by atoms with van der Waals surface area (Å²) in [5.74, 6) is 0.911. The van der Waals surface area contributed by atoms with Gasteiger partial charge in [0.25, 0.3) is 0 Å². The summed E-state index contributed by atoms with van der Waals surface area (Å²) in [6.07, 6.45) is 0.566. The van der Waals surface area contributed by atoms with E-state index in [1.54, 1.807) is 6.92 Å². The van der Waals surface area contributed by atoms with Gasteiger partial charge in [-0.15, -0.1) is 0 Å². The first-order valence-electron chi connectivity index (χ1n) is 10.4. The van der Waals surface area contributed by atoms with Crippen molar-refractivity contribution >= 4 is 5.91 Å². The molecule has 1 heterocycles. The maximum Gasteiger partial charge on any atom is 0.219 e. The van der Waals surface area contributed by atoms with Crippen LogP contribution < -0.4 is 4.74 Å². The molecule has 5 nitrogen and oxygen atoms in total. The zero-order valence-electron chi connectivity index (χ0n) is 18.5. The van der Waals surface area contributed by atoms with E-state index in [2.05, 4.69) is 51.7 Å². The van der Waals surface area contributed by atoms with Crippen molar-refractivity contribution in [2.24, 2.45) is 5.41 Å². The van der Waals surface area contributed by atoms with Gasteiger partial charge >= 0.3 is 0 Å². The molecule has 1 atom stereocenters. The van der Waals surface area contributed by atoms with Gasteiger partial charge in [-0.3, -0.25) is 9.69 Å². The summed E-state index contributed by atoms with van der Waals surface area (Å²) in [4.78, 5) is 15.4. The van der Waals surface area contributed by atoms with Crippen LogP contribution in [0.2, 0.25) is 0 Å². The van der Waals surface area contributed by atoms with Crippen LogP contribution in [0, 0.1) is 5.41 Å². The van der Waals surface area contributed by atoms with Gasteiger partial charge in [0.2, 0.25) is 5.91 Å². The molecule has 28 heavy (non-hydrogen) atoms. The monoisotopic (exact) mass is 390 g/mol. The number of piperazine rings is 1. The molecule has 0 radical (unpaired) electrons. The van der Waals surface area contributed by atoms with E-state index in [-0.39, 0.29) is 23.3 Å². The van der Waals surface area contributed by atoms with Crippen LogP contribution in [0.1, 0.15) is 53.5 Å². The Kier molecular flexibility index (Phi) is 7.52. The SMILES string of the molecule is CC(=O)N1CCN(C[C@@H](O)COc2ccc(C(C)(C)CC(C)(C)C)cc2)CC1. The summed E-state index contributed by atoms with van der Waals surface area (Å²) >= 11 is 0. The molecule has 1 aliphatic rings. The number of ether oxygens (including phenoxy) is 1. The average Bonchev–Trinajstić information content (AvgIpc) is 2.59. The molecule has 1 aliphatic heterocycles. The first-order valence-corrected chi connectivity index (χ1v) is 10.4. The van der Waals surface area contributed by atoms with Gasteiger partial charge in [-0.1, -0.05) is 46.8 Å². The van der Waals surface area contributed by atoms with E-state index in [9.17, 15) is 9.90 Å². The summed E-state index contributed by atoms with van der Waals surface area (Å²) < 4.78 is 5.80. The van der Waals surface area contributed by atoms with Gasteiger partial charge in [0.05, 0.1) is 0 Å². The lowest BCUT2D eigenvalue weighted by molar-refractivity contribution is -0.130. The molecule has 0 spiro atoms. The Labute approximate surface area is 170 Å². The minimum atomic E-state index is -0.541. The first kappa shape index (κ1) is 22.7. The summed E-state index contributed by atoms with van der Waals surface area (Å²) in [7, 11) is 0. The van der Waals surface area contributed by atoms with Crippen molar-refractivity contribution in [1.29, 1.82) is 0 Å². The fourth-order valence-corrected chi connectivity index (χ4v) is 4.22. The molecule has 0 aliphatic carbocycles. The lowest BCUT2D eigenvalue weighted by Gasteiger charge is -2.35. The number of carbonyl (C=O) groups is 1. The second-order valence-corrected chi connectivity index (χ2v) is 9.92. The highest BCUT2D eigenvalue weighted by Gasteiger charge is 2.27. The van der Waals surface area contributed by atoms with Gasteiger partial charge in [0.15, 0.2) is 0 Å². The number of amides is 1. The van der Waals surface area contributed by atoms with E-state index in [1.807, 2.05) is 17.0 Å². The molecule has 0 bridgehead atoms. The maximum atomic E-state index is 11.4. The minimum Gasteiger partial charge on any atom is -0.491 e. The molecule has 5 heteroatoms. The Morgan fingerprint density at radius 2 is 1.64 bits per heavy atom. The molecular formula is C23H38N2O3. The third-order valence-electron chi connectivity index (χ3n) is 5.34. The lowest BCUT2D eigenvalue weighted by Crippen LogP contribution is -2.50. The maximum absolute atomic E-state index is 11.4. The Balaban J connectivity index is 1.79. The fraction of sp³-hybridized carbons (Fsp3) is 0.696. The highest BCUT2D eigenvalue weighted by atomic mass is 16.5. The van der Waals surface area contributed by atoms with E-state index < -0.39 is 6.10 Å². The van der Waals surface area contributed by atoms with Crippen LogP contribution in [0.25, 0.3) is 0 Å². The standard InChI is InChI=1S/C23H38N2O3/c1-18(26)25-13-11-24(12-14-25)15-20(27)16-28-21-9-7-19(8-10-21)23(5,6)17-22(2,3)4/h7-10,20,27H,11-17H2,1-6H3/t20-/m1/s1. The number of aliphatic hydroxyl groups excluding tert-OH is 1. The molecule has 2 rings (SSSR count). The Morgan fingerprint density at radius 3 is 2.14 bits per heavy atom. The predicted octanol–water partition coefficient (Wildman–Crippen LogP) is 3.30. The number of rotatable bonds is 7. The van der Waals surface area contributed by atoms with Gasteiger partial charge in [-0.25, -0.2) is 0 Å². The number of aliphatic hydroxyl groups is 1. The van der Waals surface area contributed by atoms with Crippen LogP contribution in [0.5, 0.6) is 5.75 Å². The number of carbonyl (C=O) groups excluding carboxylic acids is 1. The molecule has 0 aromatic heterocycles. The number of benzene rings is 1. The number of hydrogen-bond acceptors (Lipinski definition) is 4. The second kappa shape index (κ2) is 9.27. The van der Waals surface area contributed by atoms with Crippen LogP contribution in [0.15, 0.2) is 24.3 Å². The van der Waals surface area contributed by atoms with Crippen LogP contribution >= 0.6 is 0 Å². The smallest absolute Gasteiger partial charge is 0.219 e. The van der Waals surface area contributed by atoms with Crippen LogP contribution in [0.4, 0.5) is 0 Å². The van der Waals surface area contributed by atoms with E-state index >= 15 is 0 Å². The summed E-state index contributed by atoms with van der Waals surface area (Å²) in [5.41, 5.74) is 1.69. The molecule has 158 valence electrons. The molecule has 1 amide bonds. The minimum absolute atomic E-state index is 0.109. The molecule has 0 unspecified atom stereocenters. The fourth-order valence-electron chi connectivity index (χ4n) is 4.22. The quantitative estimate of drug-likeness (QED) is 0.776. The highest BCUT2D eigenvalue weighted by Crippen LogP contribution is 2.36. The van der Waals surface area contributed by atoms with Gasteiger partial charge in [-0.05, 0) is 34.9 Å². The Bertz CT molecular complexity index is 626. The van der Waals surface area contributed by atoms with E-state index in [0.717, 1.165) is 38.3 Å². The molecule has 0 saturated carbocycles. The van der Waals surface area contributed by atoms with Crippen molar-refractivity contribution in [3.63, 3.8) is 0 Å². The van der Waals surface area contributed by atoms with Crippen LogP contribution in [0.3, 0.4) is 0 Å². The zero-order chi connectivity index (χ0) is 20.9. The number of hydrogen-bond donors (Lipinski definition) is 1. The van der Waals surface area contributed by atoms with Gasteiger partial charge in [0, 0.05) is 39.6 Å². The number of nitrogens with zero attached hydrogens (tertiary/aromatic N) is 2. The van der Waals surface area contributed by atoms with Crippen LogP contribution in [-0.4, -0.2) is 66.2 Å². The second-order valence-electron chi connectivity index (χ2n) is 9.92. The summed E-state index contributed by atoms with van der Waals surface area (Å²) in [6.45, 7) is 16.9. The van der Waals surface area contributed by atoms with Gasteiger partial charge in [-0.2, -0.15) is 0 Å². The predicted molar refractivity (Wildman–Crippen MR) is 114 cm³/mol. The first-order chi connectivity index (χ1) is 13.0. The third kappa shape index (κ3) is 7.10.